The van der Waals surface area contributed by atoms with E-state index in [4.69, 9.17) is 4.42 Å². The first-order valence-corrected chi connectivity index (χ1v) is 6.84. The van der Waals surface area contributed by atoms with Crippen LogP contribution in [-0.2, 0) is 11.3 Å². The van der Waals surface area contributed by atoms with E-state index in [2.05, 4.69) is 15.6 Å². The van der Waals surface area contributed by atoms with Gasteiger partial charge in [0.2, 0.25) is 11.8 Å². The Morgan fingerprint density at radius 1 is 1.40 bits per heavy atom. The molecule has 1 amide bonds. The van der Waals surface area contributed by atoms with Crippen LogP contribution in [-0.4, -0.2) is 23.5 Å². The molecule has 1 aliphatic heterocycles. The highest BCUT2D eigenvalue weighted by Gasteiger charge is 2.21. The Kier molecular flexibility index (Phi) is 3.78. The van der Waals surface area contributed by atoms with Gasteiger partial charge >= 0.3 is 0 Å². The monoisotopic (exact) mass is 271 g/mol. The molecule has 104 valence electrons. The molecule has 0 saturated carbocycles. The van der Waals surface area contributed by atoms with Crippen LogP contribution < -0.4 is 10.6 Å². The predicted molar refractivity (Wildman–Crippen MR) is 74.8 cm³/mol. The van der Waals surface area contributed by atoms with E-state index in [-0.39, 0.29) is 11.9 Å². The largest absolute Gasteiger partial charge is 0.444 e. The van der Waals surface area contributed by atoms with Gasteiger partial charge < -0.3 is 15.1 Å². The zero-order valence-corrected chi connectivity index (χ0v) is 11.1. The number of rotatable bonds is 4. The summed E-state index contributed by atoms with van der Waals surface area (Å²) in [6, 6.07) is 9.64. The van der Waals surface area contributed by atoms with Gasteiger partial charge in [-0.05, 0) is 31.5 Å². The van der Waals surface area contributed by atoms with Crippen LogP contribution in [0, 0.1) is 0 Å². The van der Waals surface area contributed by atoms with Crippen molar-refractivity contribution in [1.82, 2.24) is 15.6 Å². The van der Waals surface area contributed by atoms with E-state index in [1.807, 2.05) is 30.3 Å². The molecule has 0 bridgehead atoms. The Hall–Kier alpha value is -2.14. The first-order valence-electron chi connectivity index (χ1n) is 6.84. The third-order valence-corrected chi connectivity index (χ3v) is 3.39. The van der Waals surface area contributed by atoms with Crippen LogP contribution in [0.5, 0.6) is 0 Å². The lowest BCUT2D eigenvalue weighted by molar-refractivity contribution is -0.122. The van der Waals surface area contributed by atoms with Crippen molar-refractivity contribution >= 4 is 5.91 Å². The Morgan fingerprint density at radius 3 is 3.00 bits per heavy atom. The van der Waals surface area contributed by atoms with E-state index < -0.39 is 0 Å². The van der Waals surface area contributed by atoms with Crippen molar-refractivity contribution in [3.63, 3.8) is 0 Å². The average Bonchev–Trinajstić information content (AvgIpc) is 3.17. The van der Waals surface area contributed by atoms with E-state index in [1.54, 1.807) is 6.26 Å². The summed E-state index contributed by atoms with van der Waals surface area (Å²) < 4.78 is 5.43. The molecule has 20 heavy (non-hydrogen) atoms. The molecular weight excluding hydrogens is 254 g/mol. The lowest BCUT2D eigenvalue weighted by Crippen LogP contribution is -2.40. The second-order valence-electron chi connectivity index (χ2n) is 4.88. The number of oxazole rings is 1. The minimum atomic E-state index is -0.0597. The molecule has 5 heteroatoms. The van der Waals surface area contributed by atoms with E-state index >= 15 is 0 Å². The quantitative estimate of drug-likeness (QED) is 0.888. The first kappa shape index (κ1) is 12.9. The lowest BCUT2D eigenvalue weighted by atomic mass is 10.2. The molecule has 2 aromatic rings. The predicted octanol–water partition coefficient (Wildman–Crippen LogP) is 1.71. The Bertz CT molecular complexity index is 574. The van der Waals surface area contributed by atoms with Crippen molar-refractivity contribution in [3.05, 3.63) is 42.3 Å². The summed E-state index contributed by atoms with van der Waals surface area (Å²) in [5.74, 6) is 0.612. The molecule has 1 fully saturated rings. The number of hydrogen-bond acceptors (Lipinski definition) is 4. The standard InChI is InChI=1S/C15H17N3O2/c19-14(13-7-4-8-16-13)17-9-12-10-20-15(18-12)11-5-2-1-3-6-11/h1-3,5-6,10,13,16H,4,7-9H2,(H,17,19). The van der Waals surface area contributed by atoms with E-state index in [0.29, 0.717) is 12.4 Å². The second kappa shape index (κ2) is 5.88. The molecule has 0 radical (unpaired) electrons. The van der Waals surface area contributed by atoms with E-state index in [9.17, 15) is 4.79 Å². The zero-order chi connectivity index (χ0) is 13.8. The molecule has 1 unspecified atom stereocenters. The van der Waals surface area contributed by atoms with Gasteiger partial charge in [-0.2, -0.15) is 0 Å². The molecule has 0 spiro atoms. The van der Waals surface area contributed by atoms with Gasteiger partial charge in [0.25, 0.3) is 0 Å². The number of aromatic nitrogens is 1. The highest BCUT2D eigenvalue weighted by Crippen LogP contribution is 2.17. The SMILES string of the molecule is O=C(NCc1coc(-c2ccccc2)n1)C1CCCN1. The molecule has 2 N–H and O–H groups in total. The summed E-state index contributed by atoms with van der Waals surface area (Å²) in [6.07, 6.45) is 3.55. The fraction of sp³-hybridized carbons (Fsp3) is 0.333. The van der Waals surface area contributed by atoms with E-state index in [0.717, 1.165) is 30.6 Å². The van der Waals surface area contributed by atoms with Crippen molar-refractivity contribution in [2.24, 2.45) is 0 Å². The van der Waals surface area contributed by atoms with Gasteiger partial charge in [0.1, 0.15) is 6.26 Å². The van der Waals surface area contributed by atoms with Gasteiger partial charge in [0.15, 0.2) is 0 Å². The molecule has 1 aromatic heterocycles. The van der Waals surface area contributed by atoms with Gasteiger partial charge in [-0.15, -0.1) is 0 Å². The molecule has 1 aromatic carbocycles. The molecule has 5 nitrogen and oxygen atoms in total. The number of nitrogens with zero attached hydrogens (tertiary/aromatic N) is 1. The minimum Gasteiger partial charge on any atom is -0.444 e. The Balaban J connectivity index is 1.59. The average molecular weight is 271 g/mol. The summed E-state index contributed by atoms with van der Waals surface area (Å²) in [6.45, 7) is 1.31. The van der Waals surface area contributed by atoms with Crippen molar-refractivity contribution in [2.75, 3.05) is 6.54 Å². The number of nitrogens with one attached hydrogen (secondary N) is 2. The van der Waals surface area contributed by atoms with Crippen LogP contribution in [0.1, 0.15) is 18.5 Å². The Labute approximate surface area is 117 Å². The van der Waals surface area contributed by atoms with Gasteiger partial charge in [-0.3, -0.25) is 4.79 Å². The minimum absolute atomic E-state index is 0.0340. The topological polar surface area (TPSA) is 67.2 Å². The summed E-state index contributed by atoms with van der Waals surface area (Å²) in [7, 11) is 0. The van der Waals surface area contributed by atoms with Crippen LogP contribution in [0.25, 0.3) is 11.5 Å². The molecule has 3 rings (SSSR count). The first-order chi connectivity index (χ1) is 9.83. The molecule has 1 atom stereocenters. The number of carbonyl (C=O) groups excluding carboxylic acids is 1. The Morgan fingerprint density at radius 2 is 2.25 bits per heavy atom. The fourth-order valence-electron chi connectivity index (χ4n) is 2.31. The highest BCUT2D eigenvalue weighted by molar-refractivity contribution is 5.81. The van der Waals surface area contributed by atoms with Gasteiger partial charge in [-0.25, -0.2) is 4.98 Å². The van der Waals surface area contributed by atoms with Gasteiger partial charge in [0.05, 0.1) is 18.3 Å². The van der Waals surface area contributed by atoms with Crippen LogP contribution >= 0.6 is 0 Å². The number of carbonyl (C=O) groups is 1. The second-order valence-corrected chi connectivity index (χ2v) is 4.88. The number of hydrogen-bond donors (Lipinski definition) is 2. The maximum atomic E-state index is 11.9. The zero-order valence-electron chi connectivity index (χ0n) is 11.1. The van der Waals surface area contributed by atoms with Gasteiger partial charge in [0, 0.05) is 5.56 Å². The van der Waals surface area contributed by atoms with Crippen LogP contribution in [0.2, 0.25) is 0 Å². The normalized spacial score (nSPS) is 18.1. The molecule has 2 heterocycles. The molecule has 1 saturated heterocycles. The maximum Gasteiger partial charge on any atom is 0.237 e. The van der Waals surface area contributed by atoms with E-state index in [1.165, 1.54) is 0 Å². The fourth-order valence-corrected chi connectivity index (χ4v) is 2.31. The van der Waals surface area contributed by atoms with Crippen molar-refractivity contribution < 1.29 is 9.21 Å². The summed E-state index contributed by atoms with van der Waals surface area (Å²) in [4.78, 5) is 16.2. The lowest BCUT2D eigenvalue weighted by Gasteiger charge is -2.09. The van der Waals surface area contributed by atoms with Crippen LogP contribution in [0.3, 0.4) is 0 Å². The van der Waals surface area contributed by atoms with Crippen LogP contribution in [0.15, 0.2) is 41.0 Å². The highest BCUT2D eigenvalue weighted by atomic mass is 16.3. The molecule has 1 aliphatic rings. The van der Waals surface area contributed by atoms with Crippen molar-refractivity contribution in [2.45, 2.75) is 25.4 Å². The maximum absolute atomic E-state index is 11.9. The molecular formula is C15H17N3O2. The molecule has 0 aliphatic carbocycles. The third kappa shape index (κ3) is 2.88. The third-order valence-electron chi connectivity index (χ3n) is 3.39. The smallest absolute Gasteiger partial charge is 0.237 e. The summed E-state index contributed by atoms with van der Waals surface area (Å²) >= 11 is 0. The van der Waals surface area contributed by atoms with Crippen molar-refractivity contribution in [3.8, 4) is 11.5 Å². The summed E-state index contributed by atoms with van der Waals surface area (Å²) in [5, 5.41) is 6.05. The van der Waals surface area contributed by atoms with Crippen LogP contribution in [0.4, 0.5) is 0 Å². The van der Waals surface area contributed by atoms with Gasteiger partial charge in [-0.1, -0.05) is 18.2 Å². The number of amides is 1. The number of benzene rings is 1. The van der Waals surface area contributed by atoms with Crippen molar-refractivity contribution in [1.29, 1.82) is 0 Å². The summed E-state index contributed by atoms with van der Waals surface area (Å²) in [5.41, 5.74) is 1.66.